The van der Waals surface area contributed by atoms with Crippen molar-refractivity contribution in [3.63, 3.8) is 0 Å². The van der Waals surface area contributed by atoms with Gasteiger partial charge in [-0.05, 0) is 38.5 Å². The maximum atomic E-state index is 5.71. The molecule has 1 aromatic carbocycles. The number of ether oxygens (including phenoxy) is 1. The number of aromatic nitrogens is 2. The smallest absolute Gasteiger partial charge is 0.119 e. The normalized spacial score (nSPS) is 10.8. The molecular weight excluding hydrogens is 250 g/mol. The quantitative estimate of drug-likeness (QED) is 0.822. The number of rotatable bonds is 6. The maximum Gasteiger partial charge on any atom is 0.119 e. The summed E-state index contributed by atoms with van der Waals surface area (Å²) in [4.78, 5) is 0. The van der Waals surface area contributed by atoms with Gasteiger partial charge in [0.2, 0.25) is 0 Å². The maximum absolute atomic E-state index is 5.71. The fourth-order valence-electron chi connectivity index (χ4n) is 2.23. The van der Waals surface area contributed by atoms with Gasteiger partial charge in [0.05, 0.1) is 5.69 Å². The highest BCUT2D eigenvalue weighted by molar-refractivity contribution is 5.27. The molecule has 0 fully saturated rings. The first-order chi connectivity index (χ1) is 9.58. The van der Waals surface area contributed by atoms with Crippen molar-refractivity contribution in [1.29, 1.82) is 0 Å². The van der Waals surface area contributed by atoms with Gasteiger partial charge in [0.25, 0.3) is 0 Å². The summed E-state index contributed by atoms with van der Waals surface area (Å²) < 4.78 is 7.63. The number of hydrogen-bond donors (Lipinski definition) is 1. The molecule has 0 saturated carbocycles. The van der Waals surface area contributed by atoms with Crippen LogP contribution < -0.4 is 10.1 Å². The zero-order chi connectivity index (χ0) is 14.5. The summed E-state index contributed by atoms with van der Waals surface area (Å²) in [6.45, 7) is 8.54. The lowest BCUT2D eigenvalue weighted by atomic mass is 10.2. The number of benzene rings is 1. The summed E-state index contributed by atoms with van der Waals surface area (Å²) in [6, 6.07) is 8.12. The lowest BCUT2D eigenvalue weighted by Crippen LogP contribution is -2.21. The van der Waals surface area contributed by atoms with Gasteiger partial charge < -0.3 is 10.1 Å². The van der Waals surface area contributed by atoms with Gasteiger partial charge in [-0.3, -0.25) is 4.68 Å². The SMILES string of the molecule is Cc1cccc(OCCNCc2c(C)nn(C)c2C)c1. The second-order valence-corrected chi connectivity index (χ2v) is 5.11. The molecule has 2 aromatic rings. The van der Waals surface area contributed by atoms with Crippen LogP contribution in [-0.2, 0) is 13.6 Å². The Kier molecular flexibility index (Phi) is 4.79. The van der Waals surface area contributed by atoms with Crippen LogP contribution in [0.3, 0.4) is 0 Å². The molecule has 0 saturated heterocycles. The lowest BCUT2D eigenvalue weighted by Gasteiger charge is -2.08. The lowest BCUT2D eigenvalue weighted by molar-refractivity contribution is 0.313. The molecule has 0 aliphatic carbocycles. The Hall–Kier alpha value is -1.81. The van der Waals surface area contributed by atoms with E-state index in [2.05, 4.69) is 36.4 Å². The number of nitrogens with zero attached hydrogens (tertiary/aromatic N) is 2. The Morgan fingerprint density at radius 2 is 2.05 bits per heavy atom. The molecule has 0 spiro atoms. The largest absolute Gasteiger partial charge is 0.492 e. The van der Waals surface area contributed by atoms with Crippen LogP contribution in [-0.4, -0.2) is 22.9 Å². The molecule has 2 rings (SSSR count). The molecule has 4 nitrogen and oxygen atoms in total. The van der Waals surface area contributed by atoms with Gasteiger partial charge in [0, 0.05) is 31.4 Å². The van der Waals surface area contributed by atoms with E-state index >= 15 is 0 Å². The van der Waals surface area contributed by atoms with Crippen LogP contribution in [0.2, 0.25) is 0 Å². The number of aryl methyl sites for hydroxylation is 3. The molecule has 20 heavy (non-hydrogen) atoms. The van der Waals surface area contributed by atoms with E-state index in [-0.39, 0.29) is 0 Å². The Labute approximate surface area is 120 Å². The Morgan fingerprint density at radius 3 is 2.70 bits per heavy atom. The van der Waals surface area contributed by atoms with E-state index in [1.165, 1.54) is 16.8 Å². The third-order valence-corrected chi connectivity index (χ3v) is 3.50. The predicted octanol–water partition coefficient (Wildman–Crippen LogP) is 2.51. The zero-order valence-electron chi connectivity index (χ0n) is 12.7. The van der Waals surface area contributed by atoms with E-state index in [1.54, 1.807) is 0 Å². The third-order valence-electron chi connectivity index (χ3n) is 3.50. The van der Waals surface area contributed by atoms with Crippen molar-refractivity contribution < 1.29 is 4.74 Å². The van der Waals surface area contributed by atoms with E-state index in [1.807, 2.05) is 30.8 Å². The molecule has 1 heterocycles. The predicted molar refractivity (Wildman–Crippen MR) is 81.1 cm³/mol. The highest BCUT2D eigenvalue weighted by Crippen LogP contribution is 2.12. The standard InChI is InChI=1S/C16H23N3O/c1-12-6-5-7-15(10-12)20-9-8-17-11-16-13(2)18-19(4)14(16)3/h5-7,10,17H,8-9,11H2,1-4H3. The second kappa shape index (κ2) is 6.57. The van der Waals surface area contributed by atoms with Crippen LogP contribution in [0.4, 0.5) is 0 Å². The average Bonchev–Trinajstić information content (AvgIpc) is 2.64. The minimum atomic E-state index is 0.668. The van der Waals surface area contributed by atoms with E-state index in [9.17, 15) is 0 Å². The van der Waals surface area contributed by atoms with Crippen molar-refractivity contribution in [3.8, 4) is 5.75 Å². The zero-order valence-corrected chi connectivity index (χ0v) is 12.7. The first-order valence-corrected chi connectivity index (χ1v) is 6.97. The van der Waals surface area contributed by atoms with Crippen molar-refractivity contribution in [2.45, 2.75) is 27.3 Å². The summed E-state index contributed by atoms with van der Waals surface area (Å²) >= 11 is 0. The summed E-state index contributed by atoms with van der Waals surface area (Å²) in [6.07, 6.45) is 0. The van der Waals surface area contributed by atoms with Gasteiger partial charge >= 0.3 is 0 Å². The minimum Gasteiger partial charge on any atom is -0.492 e. The van der Waals surface area contributed by atoms with Crippen molar-refractivity contribution in [3.05, 3.63) is 46.8 Å². The molecule has 1 aromatic heterocycles. The van der Waals surface area contributed by atoms with E-state index in [0.29, 0.717) is 6.61 Å². The molecule has 4 heteroatoms. The van der Waals surface area contributed by atoms with E-state index in [4.69, 9.17) is 4.74 Å². The summed E-state index contributed by atoms with van der Waals surface area (Å²) in [7, 11) is 1.98. The fraction of sp³-hybridized carbons (Fsp3) is 0.438. The molecule has 0 bridgehead atoms. The van der Waals surface area contributed by atoms with Crippen LogP contribution in [0.15, 0.2) is 24.3 Å². The first kappa shape index (κ1) is 14.6. The van der Waals surface area contributed by atoms with Crippen LogP contribution in [0.25, 0.3) is 0 Å². The van der Waals surface area contributed by atoms with Crippen LogP contribution in [0, 0.1) is 20.8 Å². The first-order valence-electron chi connectivity index (χ1n) is 6.97. The monoisotopic (exact) mass is 273 g/mol. The second-order valence-electron chi connectivity index (χ2n) is 5.11. The van der Waals surface area contributed by atoms with Gasteiger partial charge in [-0.25, -0.2) is 0 Å². The van der Waals surface area contributed by atoms with Gasteiger partial charge in [-0.1, -0.05) is 12.1 Å². The fourth-order valence-corrected chi connectivity index (χ4v) is 2.23. The van der Waals surface area contributed by atoms with Crippen LogP contribution >= 0.6 is 0 Å². The molecule has 0 aliphatic rings. The summed E-state index contributed by atoms with van der Waals surface area (Å²) in [5.74, 6) is 0.931. The third kappa shape index (κ3) is 3.61. The minimum absolute atomic E-state index is 0.668. The van der Waals surface area contributed by atoms with Crippen LogP contribution in [0.5, 0.6) is 5.75 Å². The number of nitrogens with one attached hydrogen (secondary N) is 1. The molecule has 0 aliphatic heterocycles. The van der Waals surface area contributed by atoms with Gasteiger partial charge in [-0.2, -0.15) is 5.10 Å². The van der Waals surface area contributed by atoms with Crippen molar-refractivity contribution in [2.75, 3.05) is 13.2 Å². The van der Waals surface area contributed by atoms with Gasteiger partial charge in [0.1, 0.15) is 12.4 Å². The Morgan fingerprint density at radius 1 is 1.25 bits per heavy atom. The molecule has 0 amide bonds. The average molecular weight is 273 g/mol. The van der Waals surface area contributed by atoms with E-state index < -0.39 is 0 Å². The molecule has 0 unspecified atom stereocenters. The Bertz CT molecular complexity index is 575. The van der Waals surface area contributed by atoms with Crippen molar-refractivity contribution >= 4 is 0 Å². The molecule has 1 N–H and O–H groups in total. The highest BCUT2D eigenvalue weighted by Gasteiger charge is 2.08. The van der Waals surface area contributed by atoms with Crippen molar-refractivity contribution in [2.24, 2.45) is 7.05 Å². The molecule has 0 atom stereocenters. The highest BCUT2D eigenvalue weighted by atomic mass is 16.5. The van der Waals surface area contributed by atoms with Gasteiger partial charge in [0.15, 0.2) is 0 Å². The topological polar surface area (TPSA) is 39.1 Å². The molecule has 108 valence electrons. The number of hydrogen-bond acceptors (Lipinski definition) is 3. The molecular formula is C16H23N3O. The van der Waals surface area contributed by atoms with E-state index in [0.717, 1.165) is 24.5 Å². The van der Waals surface area contributed by atoms with Gasteiger partial charge in [-0.15, -0.1) is 0 Å². The summed E-state index contributed by atoms with van der Waals surface area (Å²) in [5.41, 5.74) is 4.81. The molecule has 0 radical (unpaired) electrons. The van der Waals surface area contributed by atoms with Crippen molar-refractivity contribution in [1.82, 2.24) is 15.1 Å². The summed E-state index contributed by atoms with van der Waals surface area (Å²) in [5, 5.41) is 7.82. The Balaban J connectivity index is 1.74. The van der Waals surface area contributed by atoms with Crippen LogP contribution in [0.1, 0.15) is 22.5 Å².